The van der Waals surface area contributed by atoms with E-state index in [-0.39, 0.29) is 18.7 Å². The molecular weight excluding hydrogens is 598 g/mol. The van der Waals surface area contributed by atoms with E-state index in [0.717, 1.165) is 55.3 Å². The Balaban J connectivity index is 1.49. The van der Waals surface area contributed by atoms with Gasteiger partial charge in [-0.15, -0.1) is 0 Å². The quantitative estimate of drug-likeness (QED) is 0.168. The maximum atomic E-state index is 13.8. The van der Waals surface area contributed by atoms with Gasteiger partial charge in [-0.2, -0.15) is 0 Å². The summed E-state index contributed by atoms with van der Waals surface area (Å²) >= 11 is 0. The molecule has 0 saturated heterocycles. The Morgan fingerprint density at radius 3 is 2.06 bits per heavy atom. The number of hydrogen-bond acceptors (Lipinski definition) is 7. The number of nitrogens with one attached hydrogen (secondary N) is 5. The van der Waals surface area contributed by atoms with E-state index in [1.165, 1.54) is 0 Å². The summed E-state index contributed by atoms with van der Waals surface area (Å²) in [7, 11) is 0. The molecule has 256 valence electrons. The van der Waals surface area contributed by atoms with Crippen LogP contribution >= 0.6 is 0 Å². The van der Waals surface area contributed by atoms with Gasteiger partial charge in [0.1, 0.15) is 18.2 Å². The summed E-state index contributed by atoms with van der Waals surface area (Å²) in [6.45, 7) is 7.37. The third kappa shape index (κ3) is 11.0. The summed E-state index contributed by atoms with van der Waals surface area (Å²) in [6, 6.07) is 14.8. The summed E-state index contributed by atoms with van der Waals surface area (Å²) < 4.78 is 5.56. The van der Waals surface area contributed by atoms with Crippen LogP contribution in [0.15, 0.2) is 54.6 Å². The van der Waals surface area contributed by atoms with Crippen LogP contribution in [0.1, 0.15) is 79.1 Å². The third-order valence-corrected chi connectivity index (χ3v) is 8.60. The minimum atomic E-state index is -1.44. The first-order valence-electron chi connectivity index (χ1n) is 16.9. The van der Waals surface area contributed by atoms with Gasteiger partial charge in [0.05, 0.1) is 6.04 Å². The lowest BCUT2D eigenvalue weighted by molar-refractivity contribution is -0.135. The number of anilines is 1. The molecule has 0 radical (unpaired) electrons. The summed E-state index contributed by atoms with van der Waals surface area (Å²) in [5.41, 5.74) is 2.13. The molecule has 0 heterocycles. The van der Waals surface area contributed by atoms with Crippen molar-refractivity contribution < 1.29 is 29.0 Å². The molecular formula is C36H51N5O6. The van der Waals surface area contributed by atoms with Crippen molar-refractivity contribution in [3.05, 3.63) is 54.6 Å². The number of benzene rings is 2. The summed E-state index contributed by atoms with van der Waals surface area (Å²) in [4.78, 5) is 53.0. The normalized spacial score (nSPS) is 17.5. The van der Waals surface area contributed by atoms with Crippen LogP contribution in [-0.4, -0.2) is 71.8 Å². The molecule has 4 rings (SSSR count). The van der Waals surface area contributed by atoms with Crippen LogP contribution in [0.5, 0.6) is 0 Å². The Kier molecular flexibility index (Phi) is 12.6. The molecule has 2 aliphatic carbocycles. The number of aliphatic hydroxyl groups is 1. The van der Waals surface area contributed by atoms with E-state index >= 15 is 0 Å². The molecule has 0 aromatic heterocycles. The zero-order chi connectivity index (χ0) is 34.0. The fourth-order valence-electron chi connectivity index (χ4n) is 5.68. The molecule has 6 N–H and O–H groups in total. The number of rotatable bonds is 15. The second-order valence-electron chi connectivity index (χ2n) is 13.8. The van der Waals surface area contributed by atoms with Gasteiger partial charge in [0.2, 0.25) is 11.8 Å². The Labute approximate surface area is 278 Å². The van der Waals surface area contributed by atoms with E-state index in [9.17, 15) is 24.3 Å². The average Bonchev–Trinajstić information content (AvgIpc) is 3.72. The fraction of sp³-hybridized carbons (Fsp3) is 0.556. The SMILES string of the molecule is CCC[C@H](NC(=O)[C@H](CNc1ccc(-c2ccccc2)cc1)NC(=O)[C@@H](NC(=O)OC1CCCC1)C(C)(C)C)C(O)C(=O)NC1CC1. The number of ether oxygens (including phenoxy) is 1. The monoisotopic (exact) mass is 649 g/mol. The zero-order valence-corrected chi connectivity index (χ0v) is 28.0. The summed E-state index contributed by atoms with van der Waals surface area (Å²) in [6.07, 6.45) is 4.01. The first-order chi connectivity index (χ1) is 22.4. The molecule has 0 spiro atoms. The van der Waals surface area contributed by atoms with Gasteiger partial charge in [0, 0.05) is 18.3 Å². The Morgan fingerprint density at radius 2 is 1.47 bits per heavy atom. The van der Waals surface area contributed by atoms with Crippen molar-refractivity contribution in [1.82, 2.24) is 21.3 Å². The van der Waals surface area contributed by atoms with Gasteiger partial charge < -0.3 is 36.4 Å². The van der Waals surface area contributed by atoms with Crippen molar-refractivity contribution in [2.75, 3.05) is 11.9 Å². The van der Waals surface area contributed by atoms with Crippen LogP contribution in [0.3, 0.4) is 0 Å². The number of carbonyl (C=O) groups excluding carboxylic acids is 4. The first kappa shape index (κ1) is 35.7. The molecule has 47 heavy (non-hydrogen) atoms. The van der Waals surface area contributed by atoms with Gasteiger partial charge in [-0.25, -0.2) is 4.79 Å². The van der Waals surface area contributed by atoms with E-state index in [0.29, 0.717) is 12.8 Å². The Bertz CT molecular complexity index is 1340. The predicted octanol–water partition coefficient (Wildman–Crippen LogP) is 4.26. The molecule has 2 fully saturated rings. The smallest absolute Gasteiger partial charge is 0.408 e. The minimum Gasteiger partial charge on any atom is -0.446 e. The van der Waals surface area contributed by atoms with Crippen LogP contribution in [0.25, 0.3) is 11.1 Å². The van der Waals surface area contributed by atoms with Crippen molar-refractivity contribution in [1.29, 1.82) is 0 Å². The van der Waals surface area contributed by atoms with Gasteiger partial charge in [-0.1, -0.05) is 76.6 Å². The molecule has 2 aromatic rings. The maximum Gasteiger partial charge on any atom is 0.408 e. The van der Waals surface area contributed by atoms with Crippen molar-refractivity contribution in [2.24, 2.45) is 5.41 Å². The van der Waals surface area contributed by atoms with Gasteiger partial charge in [-0.05, 0) is 73.6 Å². The molecule has 0 aliphatic heterocycles. The van der Waals surface area contributed by atoms with Crippen LogP contribution in [0.4, 0.5) is 10.5 Å². The highest BCUT2D eigenvalue weighted by molar-refractivity contribution is 5.92. The van der Waals surface area contributed by atoms with Crippen LogP contribution < -0.4 is 26.6 Å². The number of amides is 4. The molecule has 1 unspecified atom stereocenters. The Morgan fingerprint density at radius 1 is 0.830 bits per heavy atom. The van der Waals surface area contributed by atoms with Gasteiger partial charge >= 0.3 is 6.09 Å². The largest absolute Gasteiger partial charge is 0.446 e. The van der Waals surface area contributed by atoms with E-state index in [1.54, 1.807) is 0 Å². The van der Waals surface area contributed by atoms with Crippen LogP contribution in [0, 0.1) is 5.41 Å². The zero-order valence-electron chi connectivity index (χ0n) is 28.0. The van der Waals surface area contributed by atoms with Gasteiger partial charge in [0.15, 0.2) is 6.10 Å². The second kappa shape index (κ2) is 16.6. The first-order valence-corrected chi connectivity index (χ1v) is 16.9. The molecule has 2 saturated carbocycles. The highest BCUT2D eigenvalue weighted by Gasteiger charge is 2.37. The summed E-state index contributed by atoms with van der Waals surface area (Å²) in [5, 5.41) is 25.2. The highest BCUT2D eigenvalue weighted by Crippen LogP contribution is 2.24. The lowest BCUT2D eigenvalue weighted by Crippen LogP contribution is -2.61. The number of hydrogen-bond donors (Lipinski definition) is 6. The topological polar surface area (TPSA) is 158 Å². The predicted molar refractivity (Wildman–Crippen MR) is 181 cm³/mol. The van der Waals surface area contributed by atoms with E-state index < -0.39 is 53.5 Å². The van der Waals surface area contributed by atoms with Crippen LogP contribution in [-0.2, 0) is 19.1 Å². The third-order valence-electron chi connectivity index (χ3n) is 8.60. The lowest BCUT2D eigenvalue weighted by Gasteiger charge is -2.32. The van der Waals surface area contributed by atoms with Crippen molar-refractivity contribution in [3.8, 4) is 11.1 Å². The molecule has 0 bridgehead atoms. The summed E-state index contributed by atoms with van der Waals surface area (Å²) in [5.74, 6) is -1.65. The molecule has 2 aromatic carbocycles. The Hall–Kier alpha value is -4.12. The van der Waals surface area contributed by atoms with E-state index in [2.05, 4.69) is 26.6 Å². The number of alkyl carbamates (subject to hydrolysis) is 1. The highest BCUT2D eigenvalue weighted by atomic mass is 16.6. The van der Waals surface area contributed by atoms with Crippen molar-refractivity contribution >= 4 is 29.5 Å². The number of carbonyl (C=O) groups is 4. The standard InChI is InChI=1S/C36H51N5O6/c1-5-11-28(30(42)33(44)38-26-20-21-26)39-32(43)29(22-37-25-18-16-24(17-19-25)23-12-7-6-8-13-23)40-34(45)31(36(2,3)4)41-35(46)47-27-14-9-10-15-27/h6-8,12-13,16-19,26-31,37,42H,5,9-11,14-15,20-22H2,1-4H3,(H,38,44)(H,39,43)(H,40,45)(H,41,46)/t28-,29-,30?,31+/m0/s1. The molecule has 11 heteroatoms. The molecule has 2 aliphatic rings. The molecule has 11 nitrogen and oxygen atoms in total. The minimum absolute atomic E-state index is 0.00878. The molecule has 4 atom stereocenters. The second-order valence-corrected chi connectivity index (χ2v) is 13.8. The molecule has 4 amide bonds. The van der Waals surface area contributed by atoms with Crippen molar-refractivity contribution in [2.45, 2.75) is 115 Å². The van der Waals surface area contributed by atoms with Gasteiger partial charge in [-0.3, -0.25) is 14.4 Å². The lowest BCUT2D eigenvalue weighted by atomic mass is 9.86. The van der Waals surface area contributed by atoms with Gasteiger partial charge in [0.25, 0.3) is 5.91 Å². The van der Waals surface area contributed by atoms with Crippen molar-refractivity contribution in [3.63, 3.8) is 0 Å². The number of aliphatic hydroxyl groups excluding tert-OH is 1. The van der Waals surface area contributed by atoms with Crippen LogP contribution in [0.2, 0.25) is 0 Å². The fourth-order valence-corrected chi connectivity index (χ4v) is 5.68. The van der Waals surface area contributed by atoms with E-state index in [1.807, 2.05) is 82.3 Å². The maximum absolute atomic E-state index is 13.8. The van der Waals surface area contributed by atoms with E-state index in [4.69, 9.17) is 4.74 Å². The average molecular weight is 650 g/mol.